The molecule has 1 amide bonds. The Bertz CT molecular complexity index is 376. The van der Waals surface area contributed by atoms with E-state index in [4.69, 9.17) is 0 Å². The third kappa shape index (κ3) is 2.84. The fraction of sp³-hybridized carbons (Fsp3) is 0.545. The van der Waals surface area contributed by atoms with Gasteiger partial charge in [-0.25, -0.2) is 0 Å². The van der Waals surface area contributed by atoms with Crippen molar-refractivity contribution >= 4 is 33.2 Å². The van der Waals surface area contributed by atoms with Crippen LogP contribution in [0.25, 0.3) is 0 Å². The number of amides is 1. The summed E-state index contributed by atoms with van der Waals surface area (Å²) in [6.45, 7) is 2.49. The third-order valence-corrected chi connectivity index (χ3v) is 4.58. The molecule has 1 aliphatic heterocycles. The van der Waals surface area contributed by atoms with Gasteiger partial charge in [-0.15, -0.1) is 11.3 Å². The van der Waals surface area contributed by atoms with Gasteiger partial charge >= 0.3 is 0 Å². The summed E-state index contributed by atoms with van der Waals surface area (Å²) in [5.41, 5.74) is 0. The van der Waals surface area contributed by atoms with Crippen LogP contribution in [0.4, 0.5) is 0 Å². The Morgan fingerprint density at radius 1 is 1.69 bits per heavy atom. The molecule has 3 nitrogen and oxygen atoms in total. The van der Waals surface area contributed by atoms with Crippen molar-refractivity contribution in [1.82, 2.24) is 10.2 Å². The van der Waals surface area contributed by atoms with E-state index in [1.54, 1.807) is 11.3 Å². The topological polar surface area (TPSA) is 32.3 Å². The smallest absolute Gasteiger partial charge is 0.228 e. The second-order valence-electron chi connectivity index (χ2n) is 4.10. The first-order valence-corrected chi connectivity index (χ1v) is 7.02. The molecule has 0 aliphatic carbocycles. The third-order valence-electron chi connectivity index (χ3n) is 2.82. The van der Waals surface area contributed by atoms with Crippen molar-refractivity contribution < 1.29 is 4.79 Å². The summed E-state index contributed by atoms with van der Waals surface area (Å²) in [4.78, 5) is 15.0. The molecule has 1 aromatic rings. The number of likely N-dealkylation sites (N-methyl/N-ethyl adjacent to an activating group) is 1. The van der Waals surface area contributed by atoms with Crippen LogP contribution < -0.4 is 5.32 Å². The van der Waals surface area contributed by atoms with Crippen LogP contribution in [-0.2, 0) is 11.2 Å². The molecule has 0 bridgehead atoms. The Balaban J connectivity index is 1.78. The molecule has 1 aliphatic rings. The molecule has 1 saturated heterocycles. The summed E-state index contributed by atoms with van der Waals surface area (Å²) in [6, 6.07) is 2.12. The molecule has 1 fully saturated rings. The van der Waals surface area contributed by atoms with Crippen LogP contribution in [0.15, 0.2) is 15.9 Å². The Morgan fingerprint density at radius 2 is 2.44 bits per heavy atom. The first-order chi connectivity index (χ1) is 7.66. The minimum Gasteiger partial charge on any atom is -0.345 e. The summed E-state index contributed by atoms with van der Waals surface area (Å²) in [7, 11) is 1.89. The molecule has 0 saturated carbocycles. The van der Waals surface area contributed by atoms with Gasteiger partial charge in [-0.1, -0.05) is 0 Å². The number of nitrogens with zero attached hydrogens (tertiary/aromatic N) is 1. The molecule has 5 heteroatoms. The van der Waals surface area contributed by atoms with E-state index in [-0.39, 0.29) is 11.8 Å². The van der Waals surface area contributed by atoms with Gasteiger partial charge in [-0.05, 0) is 28.4 Å². The van der Waals surface area contributed by atoms with E-state index in [0.29, 0.717) is 0 Å². The molecule has 0 unspecified atom stereocenters. The van der Waals surface area contributed by atoms with Gasteiger partial charge < -0.3 is 10.2 Å². The highest BCUT2D eigenvalue weighted by atomic mass is 79.9. The zero-order valence-corrected chi connectivity index (χ0v) is 11.6. The first kappa shape index (κ1) is 12.1. The van der Waals surface area contributed by atoms with Crippen molar-refractivity contribution in [2.75, 3.05) is 26.7 Å². The van der Waals surface area contributed by atoms with E-state index < -0.39 is 0 Å². The molecule has 16 heavy (non-hydrogen) atoms. The minimum atomic E-state index is 0.208. The minimum absolute atomic E-state index is 0.208. The fourth-order valence-electron chi connectivity index (χ4n) is 1.65. The fourth-order valence-corrected chi connectivity index (χ4v) is 3.09. The van der Waals surface area contributed by atoms with Crippen LogP contribution in [0.3, 0.4) is 0 Å². The van der Waals surface area contributed by atoms with Crippen LogP contribution in [0, 0.1) is 5.92 Å². The van der Waals surface area contributed by atoms with Gasteiger partial charge in [0.15, 0.2) is 0 Å². The molecule has 0 aromatic carbocycles. The van der Waals surface area contributed by atoms with Gasteiger partial charge in [0.2, 0.25) is 5.91 Å². The average molecular weight is 303 g/mol. The number of carbonyl (C=O) groups is 1. The van der Waals surface area contributed by atoms with Gasteiger partial charge in [0.25, 0.3) is 0 Å². The maximum Gasteiger partial charge on any atom is 0.228 e. The molecule has 2 heterocycles. The van der Waals surface area contributed by atoms with Crippen molar-refractivity contribution in [2.24, 2.45) is 5.92 Å². The van der Waals surface area contributed by atoms with Crippen LogP contribution in [0.2, 0.25) is 0 Å². The number of hydrogen-bond acceptors (Lipinski definition) is 3. The van der Waals surface area contributed by atoms with Crippen molar-refractivity contribution in [3.05, 3.63) is 20.8 Å². The Hall–Kier alpha value is -0.390. The lowest BCUT2D eigenvalue weighted by Crippen LogP contribution is -2.51. The molecule has 1 N–H and O–H groups in total. The number of hydrogen-bond donors (Lipinski definition) is 1. The van der Waals surface area contributed by atoms with Crippen LogP contribution in [0.5, 0.6) is 0 Å². The highest BCUT2D eigenvalue weighted by molar-refractivity contribution is 9.10. The van der Waals surface area contributed by atoms with Gasteiger partial charge in [-0.2, -0.15) is 0 Å². The normalized spacial score (nSPS) is 15.9. The first-order valence-electron chi connectivity index (χ1n) is 5.35. The van der Waals surface area contributed by atoms with E-state index >= 15 is 0 Å². The summed E-state index contributed by atoms with van der Waals surface area (Å²) in [5.74, 6) is 0.481. The molecule has 2 rings (SSSR count). The Morgan fingerprint density at radius 3 is 2.94 bits per heavy atom. The van der Waals surface area contributed by atoms with Crippen LogP contribution in [-0.4, -0.2) is 37.5 Å². The standard InChI is InChI=1S/C11H15BrN2OS/c1-14(11(15)8-5-13-6-8)3-2-10-4-9(12)7-16-10/h4,7-8,13H,2-3,5-6H2,1H3. The maximum absolute atomic E-state index is 11.8. The molecule has 88 valence electrons. The van der Waals surface area contributed by atoms with Gasteiger partial charge in [0.05, 0.1) is 5.92 Å². The van der Waals surface area contributed by atoms with Gasteiger partial charge in [0.1, 0.15) is 0 Å². The van der Waals surface area contributed by atoms with Crippen LogP contribution >= 0.6 is 27.3 Å². The lowest BCUT2D eigenvalue weighted by atomic mass is 10.0. The highest BCUT2D eigenvalue weighted by Gasteiger charge is 2.27. The van der Waals surface area contributed by atoms with Gasteiger partial charge in [-0.3, -0.25) is 4.79 Å². The second kappa shape index (κ2) is 5.29. The van der Waals surface area contributed by atoms with Crippen LogP contribution in [0.1, 0.15) is 4.88 Å². The predicted molar refractivity (Wildman–Crippen MR) is 69.7 cm³/mol. The predicted octanol–water partition coefficient (Wildman–Crippen LogP) is 1.73. The zero-order valence-electron chi connectivity index (χ0n) is 9.20. The van der Waals surface area contributed by atoms with Crippen molar-refractivity contribution in [3.63, 3.8) is 0 Å². The molecular weight excluding hydrogens is 288 g/mol. The van der Waals surface area contributed by atoms with Gasteiger partial charge in [0, 0.05) is 41.4 Å². The summed E-state index contributed by atoms with van der Waals surface area (Å²) < 4.78 is 1.13. The summed E-state index contributed by atoms with van der Waals surface area (Å²) in [6.07, 6.45) is 0.943. The molecule has 1 aromatic heterocycles. The number of rotatable bonds is 4. The Labute approximate surface area is 108 Å². The lowest BCUT2D eigenvalue weighted by molar-refractivity contribution is -0.135. The molecule has 0 atom stereocenters. The average Bonchev–Trinajstić information content (AvgIpc) is 2.58. The molecule has 0 radical (unpaired) electrons. The Kier molecular flexibility index (Phi) is 4.00. The van der Waals surface area contributed by atoms with E-state index in [1.807, 2.05) is 11.9 Å². The van der Waals surface area contributed by atoms with Crippen molar-refractivity contribution in [1.29, 1.82) is 0 Å². The number of nitrogens with one attached hydrogen (secondary N) is 1. The van der Waals surface area contributed by atoms with Crippen molar-refractivity contribution in [2.45, 2.75) is 6.42 Å². The SMILES string of the molecule is CN(CCc1cc(Br)cs1)C(=O)C1CNC1. The maximum atomic E-state index is 11.8. The van der Waals surface area contributed by atoms with E-state index in [9.17, 15) is 4.79 Å². The van der Waals surface area contributed by atoms with E-state index in [1.165, 1.54) is 4.88 Å². The lowest BCUT2D eigenvalue weighted by Gasteiger charge is -2.30. The summed E-state index contributed by atoms with van der Waals surface area (Å²) >= 11 is 5.17. The van der Waals surface area contributed by atoms with E-state index in [0.717, 1.165) is 30.5 Å². The largest absolute Gasteiger partial charge is 0.345 e. The monoisotopic (exact) mass is 302 g/mol. The molecular formula is C11H15BrN2OS. The highest BCUT2D eigenvalue weighted by Crippen LogP contribution is 2.20. The number of halogens is 1. The number of thiophene rings is 1. The number of carbonyl (C=O) groups excluding carboxylic acids is 1. The quantitative estimate of drug-likeness (QED) is 0.919. The zero-order chi connectivity index (χ0) is 11.5. The van der Waals surface area contributed by atoms with E-state index in [2.05, 4.69) is 32.7 Å². The molecule has 0 spiro atoms. The van der Waals surface area contributed by atoms with Crippen molar-refractivity contribution in [3.8, 4) is 0 Å². The second-order valence-corrected chi connectivity index (χ2v) is 6.01. The summed E-state index contributed by atoms with van der Waals surface area (Å²) in [5, 5.41) is 5.20.